The molecule has 1 aromatic heterocycles. The first kappa shape index (κ1) is 18.2. The SMILES string of the molecule is O=C(CNc1ccc(Cl)cc1)N/N=C\c1ccc(-c2ccc(Br)cc2)o1. The molecule has 0 saturated carbocycles. The summed E-state index contributed by atoms with van der Waals surface area (Å²) in [5.41, 5.74) is 4.21. The number of hydrogen-bond acceptors (Lipinski definition) is 4. The van der Waals surface area contributed by atoms with E-state index in [1.807, 2.05) is 30.3 Å². The highest BCUT2D eigenvalue weighted by molar-refractivity contribution is 9.10. The van der Waals surface area contributed by atoms with E-state index in [0.717, 1.165) is 21.5 Å². The number of hydrazone groups is 1. The lowest BCUT2D eigenvalue weighted by Gasteiger charge is -2.04. The number of nitrogens with zero attached hydrogens (tertiary/aromatic N) is 1. The molecule has 0 bridgehead atoms. The van der Waals surface area contributed by atoms with Crippen molar-refractivity contribution in [2.45, 2.75) is 0 Å². The van der Waals surface area contributed by atoms with Gasteiger partial charge >= 0.3 is 0 Å². The number of amides is 1. The molecule has 3 aromatic rings. The van der Waals surface area contributed by atoms with Gasteiger partial charge in [-0.25, -0.2) is 5.43 Å². The summed E-state index contributed by atoms with van der Waals surface area (Å²) in [5, 5.41) is 7.52. The van der Waals surface area contributed by atoms with Gasteiger partial charge in [-0.15, -0.1) is 0 Å². The topological polar surface area (TPSA) is 66.6 Å². The van der Waals surface area contributed by atoms with Crippen LogP contribution in [-0.2, 0) is 4.79 Å². The van der Waals surface area contributed by atoms with Crippen LogP contribution in [0.1, 0.15) is 5.76 Å². The van der Waals surface area contributed by atoms with Gasteiger partial charge in [0, 0.05) is 20.7 Å². The first-order valence-electron chi connectivity index (χ1n) is 7.77. The van der Waals surface area contributed by atoms with Gasteiger partial charge in [0.1, 0.15) is 11.5 Å². The number of halogens is 2. The lowest BCUT2D eigenvalue weighted by molar-refractivity contribution is -0.119. The summed E-state index contributed by atoms with van der Waals surface area (Å²) in [7, 11) is 0. The van der Waals surface area contributed by atoms with Gasteiger partial charge in [-0.3, -0.25) is 4.79 Å². The van der Waals surface area contributed by atoms with E-state index in [1.54, 1.807) is 30.3 Å². The van der Waals surface area contributed by atoms with E-state index in [9.17, 15) is 4.79 Å². The van der Waals surface area contributed by atoms with E-state index >= 15 is 0 Å². The van der Waals surface area contributed by atoms with Crippen molar-refractivity contribution in [2.75, 3.05) is 11.9 Å². The molecule has 0 aliphatic rings. The van der Waals surface area contributed by atoms with Crippen LogP contribution in [0.15, 0.2) is 74.7 Å². The Kier molecular flexibility index (Phi) is 6.09. The Morgan fingerprint density at radius 2 is 1.81 bits per heavy atom. The number of carbonyl (C=O) groups is 1. The molecule has 0 fully saturated rings. The second-order valence-corrected chi connectivity index (χ2v) is 6.71. The van der Waals surface area contributed by atoms with Crippen LogP contribution in [-0.4, -0.2) is 18.7 Å². The summed E-state index contributed by atoms with van der Waals surface area (Å²) in [4.78, 5) is 11.8. The number of benzene rings is 2. The molecule has 132 valence electrons. The normalized spacial score (nSPS) is 10.8. The Balaban J connectivity index is 1.49. The van der Waals surface area contributed by atoms with E-state index in [2.05, 4.69) is 31.8 Å². The zero-order valence-corrected chi connectivity index (χ0v) is 15.9. The Morgan fingerprint density at radius 3 is 2.54 bits per heavy atom. The Labute approximate surface area is 164 Å². The third-order valence-electron chi connectivity index (χ3n) is 3.43. The minimum absolute atomic E-state index is 0.0985. The summed E-state index contributed by atoms with van der Waals surface area (Å²) >= 11 is 9.21. The minimum atomic E-state index is -0.268. The summed E-state index contributed by atoms with van der Waals surface area (Å²) < 4.78 is 6.69. The number of rotatable bonds is 6. The number of furan rings is 1. The van der Waals surface area contributed by atoms with Crippen molar-refractivity contribution in [1.29, 1.82) is 0 Å². The monoisotopic (exact) mass is 431 g/mol. The van der Waals surface area contributed by atoms with Crippen LogP contribution in [0.25, 0.3) is 11.3 Å². The largest absolute Gasteiger partial charge is 0.455 e. The van der Waals surface area contributed by atoms with Crippen LogP contribution in [0.2, 0.25) is 5.02 Å². The summed E-state index contributed by atoms with van der Waals surface area (Å²) in [6, 6.07) is 18.5. The second kappa shape index (κ2) is 8.69. The highest BCUT2D eigenvalue weighted by Gasteiger charge is 2.04. The average molecular weight is 433 g/mol. The number of nitrogens with one attached hydrogen (secondary N) is 2. The van der Waals surface area contributed by atoms with E-state index < -0.39 is 0 Å². The smallest absolute Gasteiger partial charge is 0.259 e. The predicted octanol–water partition coefficient (Wildman–Crippen LogP) is 4.92. The molecule has 1 amide bonds. The third kappa shape index (κ3) is 5.21. The van der Waals surface area contributed by atoms with Crippen molar-refractivity contribution in [3.8, 4) is 11.3 Å². The Morgan fingerprint density at radius 1 is 1.08 bits per heavy atom. The van der Waals surface area contributed by atoms with E-state index in [0.29, 0.717) is 10.8 Å². The summed E-state index contributed by atoms with van der Waals surface area (Å²) in [5.74, 6) is 1.01. The van der Waals surface area contributed by atoms with Crippen LogP contribution in [0, 0.1) is 0 Å². The standard InChI is InChI=1S/C19H15BrClN3O2/c20-14-3-1-13(2-4-14)18-10-9-17(26-18)11-23-24-19(25)12-22-16-7-5-15(21)6-8-16/h1-11,22H,12H2,(H,24,25)/b23-11-. The van der Waals surface area contributed by atoms with E-state index in [-0.39, 0.29) is 12.5 Å². The molecule has 26 heavy (non-hydrogen) atoms. The van der Waals surface area contributed by atoms with Crippen molar-refractivity contribution in [3.05, 3.63) is 75.9 Å². The quantitative estimate of drug-likeness (QED) is 0.429. The van der Waals surface area contributed by atoms with Gasteiger partial charge in [0.15, 0.2) is 0 Å². The van der Waals surface area contributed by atoms with E-state index in [4.69, 9.17) is 16.0 Å². The highest BCUT2D eigenvalue weighted by atomic mass is 79.9. The molecule has 0 unspecified atom stereocenters. The molecule has 7 heteroatoms. The number of carbonyl (C=O) groups excluding carboxylic acids is 1. The van der Waals surface area contributed by atoms with Gasteiger partial charge < -0.3 is 9.73 Å². The first-order chi connectivity index (χ1) is 12.6. The fourth-order valence-electron chi connectivity index (χ4n) is 2.15. The first-order valence-corrected chi connectivity index (χ1v) is 8.94. The maximum Gasteiger partial charge on any atom is 0.259 e. The Hall–Kier alpha value is -2.57. The van der Waals surface area contributed by atoms with Crippen LogP contribution < -0.4 is 10.7 Å². The summed E-state index contributed by atoms with van der Waals surface area (Å²) in [6.45, 7) is 0.0985. The molecule has 1 heterocycles. The maximum absolute atomic E-state index is 11.8. The van der Waals surface area contributed by atoms with Gasteiger partial charge in [-0.2, -0.15) is 5.10 Å². The maximum atomic E-state index is 11.8. The van der Waals surface area contributed by atoms with Crippen LogP contribution in [0.4, 0.5) is 5.69 Å². The molecule has 0 atom stereocenters. The van der Waals surface area contributed by atoms with Crippen molar-refractivity contribution >= 4 is 45.3 Å². The molecule has 0 spiro atoms. The molecular weight excluding hydrogens is 418 g/mol. The van der Waals surface area contributed by atoms with Crippen molar-refractivity contribution < 1.29 is 9.21 Å². The summed E-state index contributed by atoms with van der Waals surface area (Å²) in [6.07, 6.45) is 1.46. The zero-order chi connectivity index (χ0) is 18.4. The fourth-order valence-corrected chi connectivity index (χ4v) is 2.54. The molecule has 0 saturated heterocycles. The van der Waals surface area contributed by atoms with Crippen LogP contribution in [0.3, 0.4) is 0 Å². The number of hydrogen-bond donors (Lipinski definition) is 2. The lowest BCUT2D eigenvalue weighted by Crippen LogP contribution is -2.25. The molecule has 5 nitrogen and oxygen atoms in total. The van der Waals surface area contributed by atoms with Crippen molar-refractivity contribution in [3.63, 3.8) is 0 Å². The van der Waals surface area contributed by atoms with Gasteiger partial charge in [0.25, 0.3) is 5.91 Å². The van der Waals surface area contributed by atoms with Gasteiger partial charge in [-0.1, -0.05) is 39.7 Å². The van der Waals surface area contributed by atoms with Gasteiger partial charge in [-0.05, 0) is 48.5 Å². The molecule has 2 N–H and O–H groups in total. The lowest BCUT2D eigenvalue weighted by atomic mass is 10.2. The average Bonchev–Trinajstić information content (AvgIpc) is 3.11. The molecule has 0 aliphatic carbocycles. The van der Waals surface area contributed by atoms with Crippen LogP contribution >= 0.6 is 27.5 Å². The minimum Gasteiger partial charge on any atom is -0.455 e. The molecule has 0 aliphatic heterocycles. The second-order valence-electron chi connectivity index (χ2n) is 5.36. The zero-order valence-electron chi connectivity index (χ0n) is 13.6. The molecular formula is C19H15BrClN3O2. The van der Waals surface area contributed by atoms with Crippen molar-refractivity contribution in [1.82, 2.24) is 5.43 Å². The van der Waals surface area contributed by atoms with E-state index in [1.165, 1.54) is 6.21 Å². The fraction of sp³-hybridized carbons (Fsp3) is 0.0526. The molecule has 2 aromatic carbocycles. The van der Waals surface area contributed by atoms with Crippen molar-refractivity contribution in [2.24, 2.45) is 5.10 Å². The third-order valence-corrected chi connectivity index (χ3v) is 4.21. The van der Waals surface area contributed by atoms with Gasteiger partial charge in [0.2, 0.25) is 0 Å². The molecule has 3 rings (SSSR count). The number of anilines is 1. The highest BCUT2D eigenvalue weighted by Crippen LogP contribution is 2.23. The predicted molar refractivity (Wildman–Crippen MR) is 108 cm³/mol. The van der Waals surface area contributed by atoms with Crippen LogP contribution in [0.5, 0.6) is 0 Å². The van der Waals surface area contributed by atoms with Gasteiger partial charge in [0.05, 0.1) is 12.8 Å². The molecule has 0 radical (unpaired) electrons. The Bertz CT molecular complexity index is 905.